The van der Waals surface area contributed by atoms with Crippen LogP contribution in [0.2, 0.25) is 0 Å². The van der Waals surface area contributed by atoms with E-state index in [1.807, 2.05) is 31.2 Å². The minimum atomic E-state index is 0.0580. The molecule has 0 aliphatic rings. The summed E-state index contributed by atoms with van der Waals surface area (Å²) in [6.07, 6.45) is 0. The molecule has 0 saturated carbocycles. The molecule has 1 aromatic heterocycles. The van der Waals surface area contributed by atoms with Crippen LogP contribution in [0.4, 0.5) is 0 Å². The van der Waals surface area contributed by atoms with Gasteiger partial charge in [-0.15, -0.1) is 0 Å². The number of aryl methyl sites for hydroxylation is 1. The number of carbonyl (C=O) groups is 1. The fourth-order valence-corrected chi connectivity index (χ4v) is 3.35. The van der Waals surface area contributed by atoms with Gasteiger partial charge in [-0.3, -0.25) is 4.79 Å². The van der Waals surface area contributed by atoms with Gasteiger partial charge in [-0.05, 0) is 63.8 Å². The Morgan fingerprint density at radius 2 is 1.77 bits per heavy atom. The second kappa shape index (κ2) is 7.34. The SMILES string of the molecule is COc1ccc(C(=O)c2c(C)n(CCN(C)C)c3cc(C)ccc23)cc1. The number of ketones is 1. The largest absolute Gasteiger partial charge is 0.497 e. The van der Waals surface area contributed by atoms with E-state index in [1.165, 1.54) is 5.56 Å². The molecule has 0 aliphatic carbocycles. The van der Waals surface area contributed by atoms with Gasteiger partial charge in [0.1, 0.15) is 5.75 Å². The highest BCUT2D eigenvalue weighted by Gasteiger charge is 2.21. The van der Waals surface area contributed by atoms with Crippen LogP contribution in [0.1, 0.15) is 27.2 Å². The smallest absolute Gasteiger partial charge is 0.195 e. The Morgan fingerprint density at radius 3 is 2.38 bits per heavy atom. The van der Waals surface area contributed by atoms with Crippen molar-refractivity contribution < 1.29 is 9.53 Å². The third-order valence-corrected chi connectivity index (χ3v) is 4.83. The zero-order valence-electron chi connectivity index (χ0n) is 16.2. The number of nitrogens with zero attached hydrogens (tertiary/aromatic N) is 2. The van der Waals surface area contributed by atoms with Crippen molar-refractivity contribution >= 4 is 16.7 Å². The number of carbonyl (C=O) groups excluding carboxylic acids is 1. The number of ether oxygens (including phenoxy) is 1. The molecule has 0 spiro atoms. The quantitative estimate of drug-likeness (QED) is 0.629. The maximum absolute atomic E-state index is 13.3. The molecule has 0 radical (unpaired) electrons. The van der Waals surface area contributed by atoms with E-state index in [1.54, 1.807) is 7.11 Å². The number of methoxy groups -OCH3 is 1. The van der Waals surface area contributed by atoms with Gasteiger partial charge in [0, 0.05) is 35.2 Å². The second-order valence-corrected chi connectivity index (χ2v) is 6.99. The fourth-order valence-electron chi connectivity index (χ4n) is 3.35. The molecule has 0 bridgehead atoms. The van der Waals surface area contributed by atoms with Gasteiger partial charge in [0.05, 0.1) is 12.7 Å². The number of likely N-dealkylation sites (N-methyl/N-ethyl adjacent to an activating group) is 1. The molecule has 3 aromatic rings. The molecular formula is C22H26N2O2. The molecule has 0 saturated heterocycles. The van der Waals surface area contributed by atoms with Crippen LogP contribution in [-0.4, -0.2) is 43.0 Å². The number of aromatic nitrogens is 1. The lowest BCUT2D eigenvalue weighted by atomic mass is 10.00. The van der Waals surface area contributed by atoms with E-state index in [0.717, 1.165) is 41.0 Å². The highest BCUT2D eigenvalue weighted by Crippen LogP contribution is 2.29. The molecule has 0 aliphatic heterocycles. The Morgan fingerprint density at radius 1 is 1.08 bits per heavy atom. The van der Waals surface area contributed by atoms with Gasteiger partial charge in [0.25, 0.3) is 0 Å². The van der Waals surface area contributed by atoms with Crippen LogP contribution in [-0.2, 0) is 6.54 Å². The van der Waals surface area contributed by atoms with Crippen LogP contribution in [0.3, 0.4) is 0 Å². The minimum absolute atomic E-state index is 0.0580. The number of benzene rings is 2. The summed E-state index contributed by atoms with van der Waals surface area (Å²) in [4.78, 5) is 15.4. The summed E-state index contributed by atoms with van der Waals surface area (Å²) in [6.45, 7) is 5.91. The molecule has 0 atom stereocenters. The Bertz CT molecular complexity index is 937. The van der Waals surface area contributed by atoms with Gasteiger partial charge >= 0.3 is 0 Å². The predicted octanol–water partition coefficient (Wildman–Crippen LogP) is 4.06. The summed E-state index contributed by atoms with van der Waals surface area (Å²) in [5, 5.41) is 1.02. The highest BCUT2D eigenvalue weighted by molar-refractivity contribution is 6.17. The topological polar surface area (TPSA) is 34.5 Å². The summed E-state index contributed by atoms with van der Waals surface area (Å²) < 4.78 is 7.46. The normalized spacial score (nSPS) is 11.3. The van der Waals surface area contributed by atoms with Crippen molar-refractivity contribution in [2.45, 2.75) is 20.4 Å². The van der Waals surface area contributed by atoms with Crippen molar-refractivity contribution in [3.8, 4) is 5.75 Å². The zero-order valence-corrected chi connectivity index (χ0v) is 16.2. The summed E-state index contributed by atoms with van der Waals surface area (Å²) >= 11 is 0. The molecule has 26 heavy (non-hydrogen) atoms. The summed E-state index contributed by atoms with van der Waals surface area (Å²) in [5.74, 6) is 0.810. The molecule has 1 heterocycles. The van der Waals surface area contributed by atoms with Crippen molar-refractivity contribution in [3.63, 3.8) is 0 Å². The molecule has 0 N–H and O–H groups in total. The summed E-state index contributed by atoms with van der Waals surface area (Å²) in [5.41, 5.74) is 4.82. The first-order valence-corrected chi connectivity index (χ1v) is 8.85. The first kappa shape index (κ1) is 18.2. The fraction of sp³-hybridized carbons (Fsp3) is 0.318. The van der Waals surface area contributed by atoms with Gasteiger partial charge in [-0.2, -0.15) is 0 Å². The van der Waals surface area contributed by atoms with Crippen LogP contribution >= 0.6 is 0 Å². The lowest BCUT2D eigenvalue weighted by molar-refractivity contribution is 0.103. The van der Waals surface area contributed by atoms with Crippen molar-refractivity contribution in [3.05, 3.63) is 64.8 Å². The van der Waals surface area contributed by atoms with Gasteiger partial charge in [0.2, 0.25) is 0 Å². The van der Waals surface area contributed by atoms with Gasteiger partial charge in [0.15, 0.2) is 5.78 Å². The minimum Gasteiger partial charge on any atom is -0.497 e. The van der Waals surface area contributed by atoms with E-state index in [4.69, 9.17) is 4.74 Å². The molecule has 0 fully saturated rings. The molecular weight excluding hydrogens is 324 g/mol. The predicted molar refractivity (Wildman–Crippen MR) is 106 cm³/mol. The maximum Gasteiger partial charge on any atom is 0.195 e. The zero-order chi connectivity index (χ0) is 18.8. The van der Waals surface area contributed by atoms with E-state index in [-0.39, 0.29) is 5.78 Å². The molecule has 2 aromatic carbocycles. The first-order chi connectivity index (χ1) is 12.4. The van der Waals surface area contributed by atoms with Crippen molar-refractivity contribution in [1.29, 1.82) is 0 Å². The van der Waals surface area contributed by atoms with Crippen LogP contribution in [0, 0.1) is 13.8 Å². The molecule has 4 nitrogen and oxygen atoms in total. The number of hydrogen-bond acceptors (Lipinski definition) is 3. The molecule has 4 heteroatoms. The third-order valence-electron chi connectivity index (χ3n) is 4.83. The average molecular weight is 350 g/mol. The van der Waals surface area contributed by atoms with E-state index in [0.29, 0.717) is 5.56 Å². The highest BCUT2D eigenvalue weighted by atomic mass is 16.5. The number of fused-ring (bicyclic) bond motifs is 1. The lowest BCUT2D eigenvalue weighted by Gasteiger charge is -2.13. The summed E-state index contributed by atoms with van der Waals surface area (Å²) in [7, 11) is 5.76. The Hall–Kier alpha value is -2.59. The Balaban J connectivity index is 2.12. The van der Waals surface area contributed by atoms with Gasteiger partial charge in [-0.25, -0.2) is 0 Å². The van der Waals surface area contributed by atoms with Crippen LogP contribution in [0.25, 0.3) is 10.9 Å². The number of hydrogen-bond donors (Lipinski definition) is 0. The van der Waals surface area contributed by atoms with Gasteiger partial charge < -0.3 is 14.2 Å². The molecule has 0 amide bonds. The molecule has 0 unspecified atom stereocenters. The van der Waals surface area contributed by atoms with E-state index in [9.17, 15) is 4.79 Å². The monoisotopic (exact) mass is 350 g/mol. The second-order valence-electron chi connectivity index (χ2n) is 6.99. The third kappa shape index (κ3) is 3.37. The van der Waals surface area contributed by atoms with E-state index >= 15 is 0 Å². The van der Waals surface area contributed by atoms with Crippen molar-refractivity contribution in [2.75, 3.05) is 27.7 Å². The van der Waals surface area contributed by atoms with Crippen molar-refractivity contribution in [1.82, 2.24) is 9.47 Å². The van der Waals surface area contributed by atoms with Crippen molar-refractivity contribution in [2.24, 2.45) is 0 Å². The van der Waals surface area contributed by atoms with E-state index < -0.39 is 0 Å². The van der Waals surface area contributed by atoms with Crippen LogP contribution in [0.5, 0.6) is 5.75 Å². The van der Waals surface area contributed by atoms with Crippen LogP contribution in [0.15, 0.2) is 42.5 Å². The summed E-state index contributed by atoms with van der Waals surface area (Å²) in [6, 6.07) is 13.6. The maximum atomic E-state index is 13.3. The molecule has 136 valence electrons. The van der Waals surface area contributed by atoms with Crippen LogP contribution < -0.4 is 4.74 Å². The standard InChI is InChI=1S/C22H26N2O2/c1-15-6-11-19-20(14-15)24(13-12-23(3)4)16(2)21(19)22(25)17-7-9-18(26-5)10-8-17/h6-11,14H,12-13H2,1-5H3. The van der Waals surface area contributed by atoms with E-state index in [2.05, 4.69) is 48.7 Å². The number of rotatable bonds is 6. The Labute approximate surface area is 155 Å². The molecule has 3 rings (SSSR count). The Kier molecular flexibility index (Phi) is 5.14. The van der Waals surface area contributed by atoms with Gasteiger partial charge in [-0.1, -0.05) is 12.1 Å². The first-order valence-electron chi connectivity index (χ1n) is 8.85. The lowest BCUT2D eigenvalue weighted by Crippen LogP contribution is -2.19. The average Bonchev–Trinajstić information content (AvgIpc) is 2.90.